The lowest BCUT2D eigenvalue weighted by Gasteiger charge is -2.07. The number of hydrogen-bond acceptors (Lipinski definition) is 3. The van der Waals surface area contributed by atoms with Crippen molar-refractivity contribution in [1.29, 1.82) is 0 Å². The molecule has 19 heavy (non-hydrogen) atoms. The third-order valence-electron chi connectivity index (χ3n) is 2.93. The summed E-state index contributed by atoms with van der Waals surface area (Å²) in [5.74, 6) is 0.731. The van der Waals surface area contributed by atoms with E-state index in [2.05, 4.69) is 17.5 Å². The first-order valence-corrected chi connectivity index (χ1v) is 7.13. The van der Waals surface area contributed by atoms with Crippen molar-refractivity contribution < 1.29 is 4.74 Å². The largest absolute Gasteiger partial charge is 0.489 e. The molecule has 2 aromatic carbocycles. The van der Waals surface area contributed by atoms with Crippen LogP contribution in [-0.4, -0.2) is 0 Å². The predicted octanol–water partition coefficient (Wildman–Crippen LogP) is 4.72. The van der Waals surface area contributed by atoms with E-state index in [4.69, 9.17) is 22.1 Å². The lowest BCUT2D eigenvalue weighted by atomic mass is 10.2. The number of thiophene rings is 1. The lowest BCUT2D eigenvalue weighted by molar-refractivity contribution is 0.308. The highest BCUT2D eigenvalue weighted by Gasteiger charge is 2.05. The summed E-state index contributed by atoms with van der Waals surface area (Å²) >= 11 is 7.70. The fourth-order valence-corrected chi connectivity index (χ4v) is 3.02. The summed E-state index contributed by atoms with van der Waals surface area (Å²) < 4.78 is 7.04. The number of nitrogen functional groups attached to an aromatic ring is 1. The van der Waals surface area contributed by atoms with Crippen LogP contribution in [0.1, 0.15) is 5.56 Å². The molecule has 1 heterocycles. The number of rotatable bonds is 3. The fourth-order valence-electron chi connectivity index (χ4n) is 1.90. The van der Waals surface area contributed by atoms with Gasteiger partial charge in [0.1, 0.15) is 12.4 Å². The van der Waals surface area contributed by atoms with Crippen LogP contribution in [0.2, 0.25) is 5.02 Å². The molecule has 3 aromatic rings. The van der Waals surface area contributed by atoms with Gasteiger partial charge in [0.15, 0.2) is 0 Å². The van der Waals surface area contributed by atoms with Gasteiger partial charge in [0.05, 0.1) is 10.7 Å². The van der Waals surface area contributed by atoms with Gasteiger partial charge in [0, 0.05) is 16.3 Å². The normalized spacial score (nSPS) is 10.8. The SMILES string of the molecule is Nc1ccc(OCc2csc3ccccc23)cc1Cl. The average molecular weight is 290 g/mol. The molecule has 3 rings (SSSR count). The van der Waals surface area contributed by atoms with Gasteiger partial charge in [-0.05, 0) is 29.0 Å². The maximum atomic E-state index is 5.97. The van der Waals surface area contributed by atoms with Crippen molar-refractivity contribution in [2.45, 2.75) is 6.61 Å². The summed E-state index contributed by atoms with van der Waals surface area (Å²) in [6.07, 6.45) is 0. The molecule has 0 atom stereocenters. The third-order valence-corrected chi connectivity index (χ3v) is 4.27. The Morgan fingerprint density at radius 3 is 2.84 bits per heavy atom. The average Bonchev–Trinajstić information content (AvgIpc) is 2.83. The number of nitrogens with two attached hydrogens (primary N) is 1. The molecule has 4 heteroatoms. The highest BCUT2D eigenvalue weighted by atomic mass is 35.5. The van der Waals surface area contributed by atoms with E-state index in [9.17, 15) is 0 Å². The maximum absolute atomic E-state index is 5.97. The Morgan fingerprint density at radius 1 is 1.16 bits per heavy atom. The van der Waals surface area contributed by atoms with E-state index in [1.54, 1.807) is 23.5 Å². The Bertz CT molecular complexity index is 723. The van der Waals surface area contributed by atoms with E-state index in [0.29, 0.717) is 17.3 Å². The molecule has 0 aliphatic heterocycles. The topological polar surface area (TPSA) is 35.2 Å². The smallest absolute Gasteiger partial charge is 0.121 e. The highest BCUT2D eigenvalue weighted by molar-refractivity contribution is 7.17. The summed E-state index contributed by atoms with van der Waals surface area (Å²) in [7, 11) is 0. The summed E-state index contributed by atoms with van der Waals surface area (Å²) in [5.41, 5.74) is 7.42. The van der Waals surface area contributed by atoms with Crippen LogP contribution in [0, 0.1) is 0 Å². The molecule has 0 spiro atoms. The number of benzene rings is 2. The summed E-state index contributed by atoms with van der Waals surface area (Å²) in [5, 5.41) is 3.89. The van der Waals surface area contributed by atoms with Crippen LogP contribution >= 0.6 is 22.9 Å². The molecular weight excluding hydrogens is 278 g/mol. The lowest BCUT2D eigenvalue weighted by Crippen LogP contribution is -1.95. The number of ether oxygens (including phenoxy) is 1. The third kappa shape index (κ3) is 2.53. The number of anilines is 1. The van der Waals surface area contributed by atoms with E-state index in [-0.39, 0.29) is 0 Å². The quantitative estimate of drug-likeness (QED) is 0.708. The van der Waals surface area contributed by atoms with Crippen LogP contribution in [-0.2, 0) is 6.61 Å². The first-order chi connectivity index (χ1) is 9.24. The molecule has 2 nitrogen and oxygen atoms in total. The van der Waals surface area contributed by atoms with Crippen LogP contribution in [0.4, 0.5) is 5.69 Å². The molecule has 0 saturated carbocycles. The van der Waals surface area contributed by atoms with Crippen LogP contribution < -0.4 is 10.5 Å². The van der Waals surface area contributed by atoms with Gasteiger partial charge in [-0.15, -0.1) is 11.3 Å². The van der Waals surface area contributed by atoms with Gasteiger partial charge in [-0.1, -0.05) is 29.8 Å². The Hall–Kier alpha value is -1.71. The van der Waals surface area contributed by atoms with E-state index in [0.717, 1.165) is 5.75 Å². The Balaban J connectivity index is 1.80. The second kappa shape index (κ2) is 5.11. The summed E-state index contributed by atoms with van der Waals surface area (Å²) in [6, 6.07) is 13.6. The number of hydrogen-bond donors (Lipinski definition) is 1. The van der Waals surface area contributed by atoms with Gasteiger partial charge in [-0.25, -0.2) is 0 Å². The Labute approximate surface area is 120 Å². The van der Waals surface area contributed by atoms with E-state index in [1.807, 2.05) is 18.2 Å². The van der Waals surface area contributed by atoms with Crippen LogP contribution in [0.25, 0.3) is 10.1 Å². The maximum Gasteiger partial charge on any atom is 0.121 e. The number of fused-ring (bicyclic) bond motifs is 1. The van der Waals surface area contributed by atoms with E-state index < -0.39 is 0 Å². The molecule has 0 aliphatic carbocycles. The second-order valence-electron chi connectivity index (χ2n) is 4.23. The van der Waals surface area contributed by atoms with Crippen LogP contribution in [0.3, 0.4) is 0 Å². The van der Waals surface area contributed by atoms with Gasteiger partial charge in [-0.2, -0.15) is 0 Å². The van der Waals surface area contributed by atoms with Crippen molar-refractivity contribution in [3.8, 4) is 5.75 Å². The zero-order valence-corrected chi connectivity index (χ0v) is 11.7. The zero-order chi connectivity index (χ0) is 13.2. The first kappa shape index (κ1) is 12.3. The molecule has 96 valence electrons. The van der Waals surface area contributed by atoms with Gasteiger partial charge in [-0.3, -0.25) is 0 Å². The monoisotopic (exact) mass is 289 g/mol. The van der Waals surface area contributed by atoms with Gasteiger partial charge in [0.2, 0.25) is 0 Å². The predicted molar refractivity (Wildman–Crippen MR) is 82.0 cm³/mol. The van der Waals surface area contributed by atoms with Crippen LogP contribution in [0.15, 0.2) is 47.8 Å². The minimum Gasteiger partial charge on any atom is -0.489 e. The van der Waals surface area contributed by atoms with E-state index in [1.165, 1.54) is 15.6 Å². The van der Waals surface area contributed by atoms with Gasteiger partial charge >= 0.3 is 0 Å². The zero-order valence-electron chi connectivity index (χ0n) is 10.1. The minimum atomic E-state index is 0.521. The van der Waals surface area contributed by atoms with Crippen molar-refractivity contribution in [3.05, 3.63) is 58.4 Å². The number of halogens is 1. The van der Waals surface area contributed by atoms with Crippen molar-refractivity contribution in [2.75, 3.05) is 5.73 Å². The Morgan fingerprint density at radius 2 is 2.00 bits per heavy atom. The first-order valence-electron chi connectivity index (χ1n) is 5.87. The molecular formula is C15H12ClNOS. The molecule has 0 amide bonds. The molecule has 0 radical (unpaired) electrons. The standard InChI is InChI=1S/C15H12ClNOS/c16-13-7-11(5-6-14(13)17)18-8-10-9-19-15-4-2-1-3-12(10)15/h1-7,9H,8,17H2. The summed E-state index contributed by atoms with van der Waals surface area (Å²) in [6.45, 7) is 0.532. The van der Waals surface area contributed by atoms with Crippen LogP contribution in [0.5, 0.6) is 5.75 Å². The minimum absolute atomic E-state index is 0.521. The highest BCUT2D eigenvalue weighted by Crippen LogP contribution is 2.28. The van der Waals surface area contributed by atoms with Crippen molar-refractivity contribution in [2.24, 2.45) is 0 Å². The molecule has 0 unspecified atom stereocenters. The molecule has 0 fully saturated rings. The molecule has 0 aliphatic rings. The molecule has 0 bridgehead atoms. The van der Waals surface area contributed by atoms with Crippen molar-refractivity contribution in [3.63, 3.8) is 0 Å². The Kier molecular flexibility index (Phi) is 3.32. The van der Waals surface area contributed by atoms with E-state index >= 15 is 0 Å². The van der Waals surface area contributed by atoms with Gasteiger partial charge < -0.3 is 10.5 Å². The van der Waals surface area contributed by atoms with Crippen molar-refractivity contribution >= 4 is 38.7 Å². The van der Waals surface area contributed by atoms with Gasteiger partial charge in [0.25, 0.3) is 0 Å². The fraction of sp³-hybridized carbons (Fsp3) is 0.0667. The summed E-state index contributed by atoms with van der Waals surface area (Å²) in [4.78, 5) is 0. The molecule has 0 saturated heterocycles. The molecule has 2 N–H and O–H groups in total. The second-order valence-corrected chi connectivity index (χ2v) is 5.55. The molecule has 1 aromatic heterocycles. The van der Waals surface area contributed by atoms with Crippen molar-refractivity contribution in [1.82, 2.24) is 0 Å².